The zero-order chi connectivity index (χ0) is 20.1. The molecule has 0 bridgehead atoms. The molecule has 3 rings (SSSR count). The molecule has 0 fully saturated rings. The summed E-state index contributed by atoms with van der Waals surface area (Å²) in [6.07, 6.45) is 5.35. The second kappa shape index (κ2) is 8.90. The average Bonchev–Trinajstić information content (AvgIpc) is 2.69. The van der Waals surface area contributed by atoms with Crippen LogP contribution < -0.4 is 5.32 Å². The Morgan fingerprint density at radius 3 is 2.54 bits per heavy atom. The predicted octanol–water partition coefficient (Wildman–Crippen LogP) is 6.35. The van der Waals surface area contributed by atoms with Crippen molar-refractivity contribution in [1.82, 2.24) is 4.98 Å². The van der Waals surface area contributed by atoms with Gasteiger partial charge in [0.2, 0.25) is 0 Å². The SMILES string of the molecule is C=C/C=C(\P)c1ccc(C)c(-c2ccc(NCc3c(F)cccc3F)cn2)c1. The molecule has 28 heavy (non-hydrogen) atoms. The Balaban J connectivity index is 1.80. The lowest BCUT2D eigenvalue weighted by atomic mass is 10.0. The van der Waals surface area contributed by atoms with E-state index in [1.54, 1.807) is 12.3 Å². The average molecular weight is 394 g/mol. The minimum Gasteiger partial charge on any atom is -0.379 e. The highest BCUT2D eigenvalue weighted by Gasteiger charge is 2.09. The second-order valence-electron chi connectivity index (χ2n) is 6.37. The monoisotopic (exact) mass is 394 g/mol. The minimum atomic E-state index is -0.565. The molecule has 0 saturated heterocycles. The van der Waals surface area contributed by atoms with Gasteiger partial charge in [-0.05, 0) is 53.7 Å². The van der Waals surface area contributed by atoms with Crippen LogP contribution in [0.3, 0.4) is 0 Å². The van der Waals surface area contributed by atoms with E-state index in [4.69, 9.17) is 0 Å². The van der Waals surface area contributed by atoms with E-state index in [0.29, 0.717) is 5.69 Å². The number of allylic oxidation sites excluding steroid dienone is 2. The molecule has 5 heteroatoms. The lowest BCUT2D eigenvalue weighted by molar-refractivity contribution is 0.560. The highest BCUT2D eigenvalue weighted by molar-refractivity contribution is 7.31. The van der Waals surface area contributed by atoms with E-state index in [1.165, 1.54) is 18.2 Å². The first kappa shape index (κ1) is 19.9. The standard InChI is InChI=1S/C23H21F2N2P/c1-3-5-23(28)16-9-8-15(2)18(12-16)22-11-10-17(13-27-22)26-14-19-20(24)6-4-7-21(19)25/h3-13,26H,1,14,28H2,2H3/b23-5-. The van der Waals surface area contributed by atoms with Crippen LogP contribution in [-0.4, -0.2) is 4.98 Å². The molecule has 3 aromatic rings. The second-order valence-corrected chi connectivity index (χ2v) is 7.00. The van der Waals surface area contributed by atoms with Crippen molar-refractivity contribution in [2.45, 2.75) is 13.5 Å². The topological polar surface area (TPSA) is 24.9 Å². The van der Waals surface area contributed by atoms with Gasteiger partial charge in [-0.15, -0.1) is 9.24 Å². The quantitative estimate of drug-likeness (QED) is 0.389. The molecule has 1 atom stereocenters. The molecular formula is C23H21F2N2P. The number of aryl methyl sites for hydroxylation is 1. The molecule has 1 unspecified atom stereocenters. The highest BCUT2D eigenvalue weighted by Crippen LogP contribution is 2.29. The van der Waals surface area contributed by atoms with Gasteiger partial charge in [-0.3, -0.25) is 4.98 Å². The number of hydrogen-bond acceptors (Lipinski definition) is 2. The van der Waals surface area contributed by atoms with Gasteiger partial charge in [-0.2, -0.15) is 0 Å². The first-order chi connectivity index (χ1) is 13.5. The molecule has 2 nitrogen and oxygen atoms in total. The van der Waals surface area contributed by atoms with Gasteiger partial charge >= 0.3 is 0 Å². The molecule has 142 valence electrons. The summed E-state index contributed by atoms with van der Waals surface area (Å²) in [4.78, 5) is 4.52. The number of aromatic nitrogens is 1. The lowest BCUT2D eigenvalue weighted by Crippen LogP contribution is -2.04. The van der Waals surface area contributed by atoms with Gasteiger partial charge in [-0.1, -0.05) is 36.9 Å². The predicted molar refractivity (Wildman–Crippen MR) is 116 cm³/mol. The molecule has 2 aromatic carbocycles. The fourth-order valence-corrected chi connectivity index (χ4v) is 3.17. The van der Waals surface area contributed by atoms with Gasteiger partial charge in [0.1, 0.15) is 11.6 Å². The fourth-order valence-electron chi connectivity index (χ4n) is 2.85. The van der Waals surface area contributed by atoms with Gasteiger partial charge in [0.15, 0.2) is 0 Å². The van der Waals surface area contributed by atoms with Crippen molar-refractivity contribution in [3.05, 3.63) is 102 Å². The number of nitrogens with one attached hydrogen (secondary N) is 1. The van der Waals surface area contributed by atoms with Crippen molar-refractivity contribution in [2.24, 2.45) is 0 Å². The molecule has 0 amide bonds. The Kier molecular flexibility index (Phi) is 6.33. The van der Waals surface area contributed by atoms with Gasteiger partial charge in [0.25, 0.3) is 0 Å². The Morgan fingerprint density at radius 1 is 1.14 bits per heavy atom. The van der Waals surface area contributed by atoms with Gasteiger partial charge < -0.3 is 5.32 Å². The zero-order valence-corrected chi connectivity index (χ0v) is 16.7. The Bertz CT molecular complexity index is 1010. The van der Waals surface area contributed by atoms with E-state index in [-0.39, 0.29) is 12.1 Å². The molecule has 1 N–H and O–H groups in total. The Labute approximate surface area is 166 Å². The van der Waals surface area contributed by atoms with Crippen LogP contribution in [0.2, 0.25) is 0 Å². The maximum Gasteiger partial charge on any atom is 0.131 e. The van der Waals surface area contributed by atoms with E-state index in [1.807, 2.05) is 25.1 Å². The fraction of sp³-hybridized carbons (Fsp3) is 0.0870. The number of pyridine rings is 1. The minimum absolute atomic E-state index is 0.0112. The Hall–Kier alpha value is -2.84. The molecule has 0 aliphatic carbocycles. The van der Waals surface area contributed by atoms with Gasteiger partial charge in [0.05, 0.1) is 17.6 Å². The largest absolute Gasteiger partial charge is 0.379 e. The molecule has 0 aliphatic rings. The first-order valence-corrected chi connectivity index (χ1v) is 9.39. The van der Waals surface area contributed by atoms with E-state index >= 15 is 0 Å². The molecule has 1 aromatic heterocycles. The van der Waals surface area contributed by atoms with Crippen LogP contribution >= 0.6 is 9.24 Å². The summed E-state index contributed by atoms with van der Waals surface area (Å²) >= 11 is 0. The number of benzene rings is 2. The van der Waals surface area contributed by atoms with E-state index in [9.17, 15) is 8.78 Å². The lowest BCUT2D eigenvalue weighted by Gasteiger charge is -2.11. The number of anilines is 1. The van der Waals surface area contributed by atoms with Crippen LogP contribution in [0.15, 0.2) is 73.5 Å². The summed E-state index contributed by atoms with van der Waals surface area (Å²) < 4.78 is 27.5. The first-order valence-electron chi connectivity index (χ1n) is 8.82. The van der Waals surface area contributed by atoms with Crippen molar-refractivity contribution in [3.8, 4) is 11.3 Å². The van der Waals surface area contributed by atoms with E-state index in [2.05, 4.69) is 44.3 Å². The normalized spacial score (nSPS) is 11.4. The van der Waals surface area contributed by atoms with Crippen LogP contribution in [0.1, 0.15) is 16.7 Å². The maximum absolute atomic E-state index is 13.7. The van der Waals surface area contributed by atoms with Crippen LogP contribution in [0.25, 0.3) is 16.6 Å². The van der Waals surface area contributed by atoms with Crippen LogP contribution in [0, 0.1) is 18.6 Å². The van der Waals surface area contributed by atoms with Crippen molar-refractivity contribution < 1.29 is 8.78 Å². The molecule has 0 aliphatic heterocycles. The summed E-state index contributed by atoms with van der Waals surface area (Å²) in [7, 11) is 2.71. The maximum atomic E-state index is 13.7. The third-order valence-electron chi connectivity index (χ3n) is 4.44. The van der Waals surface area contributed by atoms with Crippen molar-refractivity contribution in [3.63, 3.8) is 0 Å². The molecular weight excluding hydrogens is 373 g/mol. The van der Waals surface area contributed by atoms with Crippen molar-refractivity contribution in [1.29, 1.82) is 0 Å². The number of halogens is 2. The summed E-state index contributed by atoms with van der Waals surface area (Å²) in [5.41, 5.74) is 4.75. The molecule has 0 radical (unpaired) electrons. The third kappa shape index (κ3) is 4.52. The van der Waals surface area contributed by atoms with Crippen LogP contribution in [0.4, 0.5) is 14.5 Å². The van der Waals surface area contributed by atoms with Crippen molar-refractivity contribution in [2.75, 3.05) is 5.32 Å². The zero-order valence-electron chi connectivity index (χ0n) is 15.5. The summed E-state index contributed by atoms with van der Waals surface area (Å²) in [5, 5.41) is 4.06. The molecule has 0 spiro atoms. The van der Waals surface area contributed by atoms with E-state index in [0.717, 1.165) is 27.7 Å². The molecule has 0 saturated carbocycles. The molecule has 1 heterocycles. The summed E-state index contributed by atoms with van der Waals surface area (Å²) in [6, 6.07) is 13.8. The summed E-state index contributed by atoms with van der Waals surface area (Å²) in [5.74, 6) is -1.13. The van der Waals surface area contributed by atoms with Crippen LogP contribution in [0.5, 0.6) is 0 Å². The summed E-state index contributed by atoms with van der Waals surface area (Å²) in [6.45, 7) is 5.82. The van der Waals surface area contributed by atoms with Crippen LogP contribution in [-0.2, 0) is 6.54 Å². The van der Waals surface area contributed by atoms with E-state index < -0.39 is 11.6 Å². The highest BCUT2D eigenvalue weighted by atomic mass is 31.0. The number of rotatable bonds is 6. The third-order valence-corrected chi connectivity index (χ3v) is 4.96. The van der Waals surface area contributed by atoms with Gasteiger partial charge in [0, 0.05) is 17.7 Å². The number of hydrogen-bond donors (Lipinski definition) is 1. The van der Waals surface area contributed by atoms with Crippen molar-refractivity contribution >= 4 is 20.2 Å². The number of nitrogens with zero attached hydrogens (tertiary/aromatic N) is 1. The smallest absolute Gasteiger partial charge is 0.131 e. The van der Waals surface area contributed by atoms with Gasteiger partial charge in [-0.25, -0.2) is 8.78 Å². The Morgan fingerprint density at radius 2 is 1.89 bits per heavy atom.